The molecule has 1 saturated heterocycles. The maximum atomic E-state index is 4.61. The summed E-state index contributed by atoms with van der Waals surface area (Å²) in [4.78, 5) is 0. The summed E-state index contributed by atoms with van der Waals surface area (Å²) in [5, 5.41) is 9.26. The van der Waals surface area contributed by atoms with Gasteiger partial charge in [0.2, 0.25) is 0 Å². The Hall–Kier alpha value is -1.35. The number of benzene rings is 1. The molecule has 3 nitrogen and oxygen atoms in total. The lowest BCUT2D eigenvalue weighted by Crippen LogP contribution is -2.14. The van der Waals surface area contributed by atoms with Crippen LogP contribution in [0.2, 0.25) is 0 Å². The first-order chi connectivity index (χ1) is 7.81. The molecule has 2 aromatic rings. The van der Waals surface area contributed by atoms with E-state index in [1.807, 2.05) is 0 Å². The Morgan fingerprint density at radius 3 is 3.25 bits per heavy atom. The summed E-state index contributed by atoms with van der Waals surface area (Å²) in [6.07, 6.45) is 3.44. The maximum Gasteiger partial charge on any atom is 0.0923 e. The fourth-order valence-corrected chi connectivity index (χ4v) is 2.42. The van der Waals surface area contributed by atoms with E-state index in [0.29, 0.717) is 0 Å². The third-order valence-electron chi connectivity index (χ3n) is 3.31. The molecule has 1 aliphatic heterocycles. The van der Waals surface area contributed by atoms with Gasteiger partial charge in [-0.05, 0) is 44.5 Å². The molecule has 1 aliphatic rings. The Morgan fingerprint density at radius 1 is 1.50 bits per heavy atom. The molecule has 0 spiro atoms. The van der Waals surface area contributed by atoms with E-state index < -0.39 is 0 Å². The number of fused-ring (bicyclic) bond motifs is 1. The van der Waals surface area contributed by atoms with Crippen LogP contribution in [0.15, 0.2) is 24.4 Å². The van der Waals surface area contributed by atoms with Gasteiger partial charge in [-0.15, -0.1) is 0 Å². The van der Waals surface area contributed by atoms with Gasteiger partial charge in [0.25, 0.3) is 0 Å². The molecular formula is C13H17N3. The predicted octanol–water partition coefficient (Wildman–Crippen LogP) is 1.95. The zero-order valence-electron chi connectivity index (χ0n) is 9.61. The molecule has 1 unspecified atom stereocenters. The van der Waals surface area contributed by atoms with Crippen LogP contribution in [0, 0.1) is 12.8 Å². The van der Waals surface area contributed by atoms with Crippen LogP contribution in [0.1, 0.15) is 12.0 Å². The summed E-state index contributed by atoms with van der Waals surface area (Å²) < 4.78 is 2.10. The Balaban J connectivity index is 1.86. The number of nitrogens with one attached hydrogen (secondary N) is 1. The Labute approximate surface area is 95.5 Å². The molecule has 1 fully saturated rings. The van der Waals surface area contributed by atoms with Gasteiger partial charge in [-0.2, -0.15) is 5.10 Å². The van der Waals surface area contributed by atoms with E-state index in [2.05, 4.69) is 46.4 Å². The highest BCUT2D eigenvalue weighted by atomic mass is 15.3. The second-order valence-electron chi connectivity index (χ2n) is 4.77. The molecule has 3 heteroatoms. The van der Waals surface area contributed by atoms with Crippen LogP contribution in [0.25, 0.3) is 10.9 Å². The van der Waals surface area contributed by atoms with Crippen molar-refractivity contribution in [1.82, 2.24) is 15.1 Å². The Morgan fingerprint density at radius 2 is 2.44 bits per heavy atom. The Kier molecular flexibility index (Phi) is 2.40. The number of hydrogen-bond donors (Lipinski definition) is 1. The topological polar surface area (TPSA) is 29.9 Å². The number of nitrogens with zero attached hydrogens (tertiary/aromatic N) is 2. The lowest BCUT2D eigenvalue weighted by molar-refractivity contribution is 0.452. The summed E-state index contributed by atoms with van der Waals surface area (Å²) >= 11 is 0. The van der Waals surface area contributed by atoms with Gasteiger partial charge >= 0.3 is 0 Å². The highest BCUT2D eigenvalue weighted by Crippen LogP contribution is 2.16. The van der Waals surface area contributed by atoms with E-state index >= 15 is 0 Å². The first kappa shape index (κ1) is 9.85. The fraction of sp³-hybridized carbons (Fsp3) is 0.462. The monoisotopic (exact) mass is 215 g/mol. The van der Waals surface area contributed by atoms with Crippen molar-refractivity contribution in [3.05, 3.63) is 30.0 Å². The second kappa shape index (κ2) is 3.91. The quantitative estimate of drug-likeness (QED) is 0.830. The first-order valence-electron chi connectivity index (χ1n) is 5.96. The zero-order chi connectivity index (χ0) is 11.0. The molecule has 1 aromatic carbocycles. The normalized spacial score (nSPS) is 20.7. The van der Waals surface area contributed by atoms with E-state index in [4.69, 9.17) is 0 Å². The lowest BCUT2D eigenvalue weighted by Gasteiger charge is -2.07. The van der Waals surface area contributed by atoms with Crippen LogP contribution in [0.3, 0.4) is 0 Å². The van der Waals surface area contributed by atoms with Gasteiger partial charge in [-0.1, -0.05) is 11.6 Å². The summed E-state index contributed by atoms with van der Waals surface area (Å²) in [5.41, 5.74) is 2.41. The largest absolute Gasteiger partial charge is 0.316 e. The van der Waals surface area contributed by atoms with Crippen molar-refractivity contribution >= 4 is 10.9 Å². The fourth-order valence-electron chi connectivity index (χ4n) is 2.42. The van der Waals surface area contributed by atoms with Gasteiger partial charge < -0.3 is 5.32 Å². The highest BCUT2D eigenvalue weighted by molar-refractivity contribution is 5.78. The average molecular weight is 215 g/mol. The van der Waals surface area contributed by atoms with Crippen molar-refractivity contribution in [2.45, 2.75) is 19.9 Å². The summed E-state index contributed by atoms with van der Waals surface area (Å²) in [6.45, 7) is 5.46. The third-order valence-corrected chi connectivity index (χ3v) is 3.31. The van der Waals surface area contributed by atoms with Crippen molar-refractivity contribution in [2.24, 2.45) is 5.92 Å². The molecule has 0 amide bonds. The third kappa shape index (κ3) is 1.83. The van der Waals surface area contributed by atoms with E-state index in [1.54, 1.807) is 0 Å². The van der Waals surface area contributed by atoms with Crippen LogP contribution in [0.4, 0.5) is 0 Å². The van der Waals surface area contributed by atoms with Gasteiger partial charge in [0.15, 0.2) is 0 Å². The van der Waals surface area contributed by atoms with Gasteiger partial charge in [0.05, 0.1) is 5.52 Å². The van der Waals surface area contributed by atoms with Crippen LogP contribution < -0.4 is 5.32 Å². The van der Waals surface area contributed by atoms with E-state index in [9.17, 15) is 0 Å². The Bertz CT molecular complexity index is 495. The molecule has 2 heterocycles. The van der Waals surface area contributed by atoms with Crippen molar-refractivity contribution < 1.29 is 0 Å². The van der Waals surface area contributed by atoms with Crippen molar-refractivity contribution in [1.29, 1.82) is 0 Å². The van der Waals surface area contributed by atoms with Crippen molar-refractivity contribution in [3.8, 4) is 0 Å². The molecule has 1 aromatic heterocycles. The molecule has 16 heavy (non-hydrogen) atoms. The minimum Gasteiger partial charge on any atom is -0.316 e. The second-order valence-corrected chi connectivity index (χ2v) is 4.77. The van der Waals surface area contributed by atoms with E-state index in [0.717, 1.165) is 31.1 Å². The molecule has 0 bridgehead atoms. The SMILES string of the molecule is Cc1ccc2nn(CC3CCNC3)cc2c1. The summed E-state index contributed by atoms with van der Waals surface area (Å²) in [5.74, 6) is 0.746. The van der Waals surface area contributed by atoms with Crippen LogP contribution in [-0.2, 0) is 6.54 Å². The number of aryl methyl sites for hydroxylation is 1. The summed E-state index contributed by atoms with van der Waals surface area (Å²) in [7, 11) is 0. The van der Waals surface area contributed by atoms with Crippen LogP contribution in [-0.4, -0.2) is 22.9 Å². The first-order valence-corrected chi connectivity index (χ1v) is 5.96. The smallest absolute Gasteiger partial charge is 0.0923 e. The molecule has 0 aliphatic carbocycles. The molecular weight excluding hydrogens is 198 g/mol. The molecule has 3 rings (SSSR count). The molecule has 1 N–H and O–H groups in total. The maximum absolute atomic E-state index is 4.61. The summed E-state index contributed by atoms with van der Waals surface area (Å²) in [6, 6.07) is 6.43. The lowest BCUT2D eigenvalue weighted by atomic mass is 10.1. The minimum atomic E-state index is 0.746. The van der Waals surface area contributed by atoms with Crippen molar-refractivity contribution in [3.63, 3.8) is 0 Å². The molecule has 0 saturated carbocycles. The number of aromatic nitrogens is 2. The van der Waals surface area contributed by atoms with Gasteiger partial charge in [0, 0.05) is 18.1 Å². The molecule has 84 valence electrons. The number of rotatable bonds is 2. The molecule has 1 atom stereocenters. The van der Waals surface area contributed by atoms with Crippen LogP contribution in [0.5, 0.6) is 0 Å². The minimum absolute atomic E-state index is 0.746. The predicted molar refractivity (Wildman–Crippen MR) is 65.4 cm³/mol. The van der Waals surface area contributed by atoms with E-state index in [1.165, 1.54) is 17.4 Å². The van der Waals surface area contributed by atoms with Gasteiger partial charge in [-0.25, -0.2) is 0 Å². The number of hydrogen-bond acceptors (Lipinski definition) is 2. The zero-order valence-corrected chi connectivity index (χ0v) is 9.61. The van der Waals surface area contributed by atoms with Crippen LogP contribution >= 0.6 is 0 Å². The average Bonchev–Trinajstić information content (AvgIpc) is 2.86. The highest BCUT2D eigenvalue weighted by Gasteiger charge is 2.15. The van der Waals surface area contributed by atoms with Crippen molar-refractivity contribution in [2.75, 3.05) is 13.1 Å². The standard InChI is InChI=1S/C13H17N3/c1-10-2-3-13-12(6-10)9-16(15-13)8-11-4-5-14-7-11/h2-3,6,9,11,14H,4-5,7-8H2,1H3. The molecule has 0 radical (unpaired) electrons. The van der Waals surface area contributed by atoms with Gasteiger partial charge in [-0.3, -0.25) is 4.68 Å². The van der Waals surface area contributed by atoms with E-state index in [-0.39, 0.29) is 0 Å². The van der Waals surface area contributed by atoms with Gasteiger partial charge in [0.1, 0.15) is 0 Å².